The topological polar surface area (TPSA) is 88.2 Å². The summed E-state index contributed by atoms with van der Waals surface area (Å²) in [6, 6.07) is 4.65. The number of aromatic nitrogens is 1. The summed E-state index contributed by atoms with van der Waals surface area (Å²) >= 11 is 28.7. The number of carbonyl (C=O) groups is 1. The zero-order chi connectivity index (χ0) is 18.1. The van der Waals surface area contributed by atoms with Gasteiger partial charge in [0, 0.05) is 5.56 Å². The summed E-state index contributed by atoms with van der Waals surface area (Å²) in [5.41, 5.74) is 2.00. The van der Waals surface area contributed by atoms with Crippen LogP contribution in [0, 0.1) is 0 Å². The molecule has 0 unspecified atom stereocenters. The van der Waals surface area contributed by atoms with Gasteiger partial charge in [0.2, 0.25) is 0 Å². The quantitative estimate of drug-likeness (QED) is 0.420. The number of amides is 1. The van der Waals surface area contributed by atoms with Crippen molar-refractivity contribution in [1.29, 1.82) is 0 Å². The van der Waals surface area contributed by atoms with Crippen LogP contribution in [0.1, 0.15) is 10.4 Å². The first-order valence-electron chi connectivity index (χ1n) is 5.90. The molecule has 128 valence electrons. The molecule has 12 heteroatoms. The molecule has 1 heterocycles. The minimum Gasteiger partial charge on any atom is -0.273 e. The summed E-state index contributed by atoms with van der Waals surface area (Å²) < 4.78 is 24.4. The number of hydrogen-bond donors (Lipinski definition) is 2. The Morgan fingerprint density at radius 2 is 1.42 bits per heavy atom. The summed E-state index contributed by atoms with van der Waals surface area (Å²) in [5.74, 6) is -0.805. The van der Waals surface area contributed by atoms with Gasteiger partial charge >= 0.3 is 0 Å². The van der Waals surface area contributed by atoms with Crippen molar-refractivity contribution in [2.24, 2.45) is 0 Å². The third-order valence-electron chi connectivity index (χ3n) is 2.59. The van der Waals surface area contributed by atoms with Crippen molar-refractivity contribution in [3.05, 3.63) is 55.2 Å². The molecule has 0 spiro atoms. The van der Waals surface area contributed by atoms with Gasteiger partial charge in [-0.25, -0.2) is 13.4 Å². The highest BCUT2D eigenvalue weighted by atomic mass is 35.5. The molecule has 6 nitrogen and oxygen atoms in total. The molecule has 0 saturated carbocycles. The first kappa shape index (κ1) is 19.5. The third kappa shape index (κ3) is 4.64. The van der Waals surface area contributed by atoms with Crippen LogP contribution in [0.5, 0.6) is 0 Å². The lowest BCUT2D eigenvalue weighted by Gasteiger charge is -2.11. The lowest BCUT2D eigenvalue weighted by molar-refractivity contribution is 0.0945. The SMILES string of the molecule is O=C(NNS(=O)(=O)c1cc(Cl)c(Cl)cc1Cl)c1cc(Cl)nc(Cl)c1. The predicted molar refractivity (Wildman–Crippen MR) is 93.5 cm³/mol. The summed E-state index contributed by atoms with van der Waals surface area (Å²) in [7, 11) is -4.19. The van der Waals surface area contributed by atoms with E-state index in [1.807, 2.05) is 10.3 Å². The van der Waals surface area contributed by atoms with Crippen molar-refractivity contribution in [1.82, 2.24) is 15.2 Å². The van der Waals surface area contributed by atoms with Crippen LogP contribution in [-0.2, 0) is 10.0 Å². The van der Waals surface area contributed by atoms with Gasteiger partial charge in [-0.05, 0) is 24.3 Å². The van der Waals surface area contributed by atoms with E-state index in [4.69, 9.17) is 58.0 Å². The van der Waals surface area contributed by atoms with Crippen molar-refractivity contribution in [2.45, 2.75) is 4.90 Å². The molecule has 0 aliphatic carbocycles. The monoisotopic (exact) mass is 447 g/mol. The van der Waals surface area contributed by atoms with Gasteiger partial charge in [-0.15, -0.1) is 4.83 Å². The highest BCUT2D eigenvalue weighted by Gasteiger charge is 2.21. The van der Waals surface area contributed by atoms with Crippen molar-refractivity contribution >= 4 is 73.9 Å². The number of sulfonamides is 1. The van der Waals surface area contributed by atoms with Crippen molar-refractivity contribution in [3.63, 3.8) is 0 Å². The van der Waals surface area contributed by atoms with E-state index >= 15 is 0 Å². The Bertz CT molecular complexity index is 900. The molecular formula is C12H6Cl5N3O3S. The molecule has 0 bridgehead atoms. The van der Waals surface area contributed by atoms with Gasteiger partial charge in [0.05, 0.1) is 15.1 Å². The largest absolute Gasteiger partial charge is 0.273 e. The number of hydrogen-bond acceptors (Lipinski definition) is 4. The molecular weight excluding hydrogens is 443 g/mol. The lowest BCUT2D eigenvalue weighted by Crippen LogP contribution is -2.41. The molecule has 0 aliphatic heterocycles. The van der Waals surface area contributed by atoms with Crippen LogP contribution in [-0.4, -0.2) is 19.3 Å². The highest BCUT2D eigenvalue weighted by Crippen LogP contribution is 2.31. The lowest BCUT2D eigenvalue weighted by atomic mass is 10.2. The average molecular weight is 450 g/mol. The van der Waals surface area contributed by atoms with Gasteiger partial charge < -0.3 is 0 Å². The van der Waals surface area contributed by atoms with Crippen LogP contribution in [0.15, 0.2) is 29.2 Å². The number of nitrogens with one attached hydrogen (secondary N) is 2. The second-order valence-electron chi connectivity index (χ2n) is 4.26. The van der Waals surface area contributed by atoms with Gasteiger partial charge in [0.25, 0.3) is 15.9 Å². The predicted octanol–water partition coefficient (Wildman–Crippen LogP) is 3.97. The molecule has 1 aromatic heterocycles. The number of hydrazine groups is 1. The van der Waals surface area contributed by atoms with Gasteiger partial charge in [0.15, 0.2) is 0 Å². The second-order valence-corrected chi connectivity index (χ2v) is 7.90. The van der Waals surface area contributed by atoms with Gasteiger partial charge in [-0.1, -0.05) is 58.0 Å². The Kier molecular flexibility index (Phi) is 6.19. The molecule has 0 atom stereocenters. The second kappa shape index (κ2) is 7.61. The molecule has 2 rings (SSSR count). The number of nitrogens with zero attached hydrogens (tertiary/aromatic N) is 1. The molecule has 2 N–H and O–H groups in total. The highest BCUT2D eigenvalue weighted by molar-refractivity contribution is 7.89. The van der Waals surface area contributed by atoms with Crippen molar-refractivity contribution in [3.8, 4) is 0 Å². The maximum absolute atomic E-state index is 12.2. The molecule has 1 aromatic carbocycles. The van der Waals surface area contributed by atoms with Crippen LogP contribution in [0.4, 0.5) is 0 Å². The summed E-state index contributed by atoms with van der Waals surface area (Å²) in [4.78, 5) is 17.2. The molecule has 1 amide bonds. The van der Waals surface area contributed by atoms with E-state index in [1.54, 1.807) is 0 Å². The zero-order valence-electron chi connectivity index (χ0n) is 11.3. The van der Waals surface area contributed by atoms with E-state index in [1.165, 1.54) is 18.2 Å². The van der Waals surface area contributed by atoms with E-state index in [2.05, 4.69) is 4.98 Å². The Labute approximate surface area is 162 Å². The van der Waals surface area contributed by atoms with E-state index in [-0.39, 0.29) is 35.8 Å². The fourth-order valence-corrected chi connectivity index (χ4v) is 3.85. The maximum Gasteiger partial charge on any atom is 0.266 e. The minimum atomic E-state index is -4.19. The number of halogens is 5. The normalized spacial score (nSPS) is 11.4. The van der Waals surface area contributed by atoms with Crippen molar-refractivity contribution in [2.75, 3.05) is 0 Å². The smallest absolute Gasteiger partial charge is 0.266 e. The van der Waals surface area contributed by atoms with Crippen LogP contribution >= 0.6 is 58.0 Å². The van der Waals surface area contributed by atoms with E-state index < -0.39 is 15.9 Å². The Hall–Kier alpha value is -0.800. The van der Waals surface area contributed by atoms with Crippen LogP contribution < -0.4 is 10.3 Å². The third-order valence-corrected chi connectivity index (χ3v) is 5.41. The van der Waals surface area contributed by atoms with E-state index in [0.29, 0.717) is 0 Å². The first-order chi connectivity index (χ1) is 11.1. The van der Waals surface area contributed by atoms with Gasteiger partial charge in [-0.2, -0.15) is 0 Å². The van der Waals surface area contributed by atoms with Gasteiger partial charge in [-0.3, -0.25) is 10.2 Å². The zero-order valence-corrected chi connectivity index (χ0v) is 15.9. The molecule has 2 aromatic rings. The average Bonchev–Trinajstić information content (AvgIpc) is 2.47. The summed E-state index contributed by atoms with van der Waals surface area (Å²) in [6.45, 7) is 0. The fourth-order valence-electron chi connectivity index (χ4n) is 1.55. The molecule has 24 heavy (non-hydrogen) atoms. The Balaban J connectivity index is 2.21. The minimum absolute atomic E-state index is 0.00272. The number of benzene rings is 1. The number of rotatable bonds is 4. The Morgan fingerprint density at radius 3 is 2.00 bits per heavy atom. The van der Waals surface area contributed by atoms with Gasteiger partial charge in [0.1, 0.15) is 15.2 Å². The van der Waals surface area contributed by atoms with Crippen molar-refractivity contribution < 1.29 is 13.2 Å². The summed E-state index contributed by atoms with van der Waals surface area (Å²) in [5, 5.41) is -0.140. The number of carbonyl (C=O) groups excluding carboxylic acids is 1. The number of pyridine rings is 1. The van der Waals surface area contributed by atoms with Crippen LogP contribution in [0.3, 0.4) is 0 Å². The fraction of sp³-hybridized carbons (Fsp3) is 0. The van der Waals surface area contributed by atoms with Crippen LogP contribution in [0.2, 0.25) is 25.4 Å². The standard InChI is InChI=1S/C12H6Cl5N3O3S/c13-6-3-8(15)9(4-7(6)14)24(22,23)20-19-12(21)5-1-10(16)18-11(17)2-5/h1-4,20H,(H,19,21). The maximum atomic E-state index is 12.2. The first-order valence-corrected chi connectivity index (χ1v) is 9.27. The summed E-state index contributed by atoms with van der Waals surface area (Å²) in [6.07, 6.45) is 0. The molecule has 0 aliphatic rings. The molecule has 0 radical (unpaired) electrons. The molecule has 0 saturated heterocycles. The molecule has 0 fully saturated rings. The van der Waals surface area contributed by atoms with E-state index in [9.17, 15) is 13.2 Å². The van der Waals surface area contributed by atoms with E-state index in [0.717, 1.165) is 6.07 Å². The Morgan fingerprint density at radius 1 is 0.875 bits per heavy atom. The van der Waals surface area contributed by atoms with Crippen LogP contribution in [0.25, 0.3) is 0 Å².